The third kappa shape index (κ3) is 4.80. The first-order valence-electron chi connectivity index (χ1n) is 6.67. The molecule has 5 heteroatoms. The minimum Gasteiger partial charge on any atom is -0.474 e. The van der Waals surface area contributed by atoms with Crippen LogP contribution in [-0.2, 0) is 0 Å². The molecule has 1 aromatic rings. The Labute approximate surface area is 120 Å². The van der Waals surface area contributed by atoms with E-state index in [4.69, 9.17) is 10.00 Å². The number of nitriles is 1. The lowest BCUT2D eigenvalue weighted by Gasteiger charge is -2.23. The van der Waals surface area contributed by atoms with Crippen LogP contribution in [0.1, 0.15) is 37.5 Å². The van der Waals surface area contributed by atoms with E-state index < -0.39 is 6.10 Å². The van der Waals surface area contributed by atoms with Gasteiger partial charge in [0, 0.05) is 18.3 Å². The van der Waals surface area contributed by atoms with Gasteiger partial charge in [0.1, 0.15) is 24.3 Å². The second-order valence-electron chi connectivity index (χ2n) is 5.95. The first kappa shape index (κ1) is 16.4. The third-order valence-corrected chi connectivity index (χ3v) is 2.95. The molecular weight excluding hydrogens is 254 g/mol. The van der Waals surface area contributed by atoms with E-state index in [2.05, 4.69) is 16.4 Å². The second kappa shape index (κ2) is 6.69. The smallest absolute Gasteiger partial charge is 0.232 e. The van der Waals surface area contributed by atoms with Gasteiger partial charge in [0.25, 0.3) is 0 Å². The number of nitrogens with zero attached hydrogens (tertiary/aromatic N) is 2. The molecule has 1 aromatic heterocycles. The fraction of sp³-hybridized carbons (Fsp3) is 0.600. The molecule has 0 aromatic carbocycles. The van der Waals surface area contributed by atoms with E-state index in [1.54, 1.807) is 6.20 Å². The van der Waals surface area contributed by atoms with Crippen LogP contribution >= 0.6 is 0 Å². The maximum Gasteiger partial charge on any atom is 0.232 e. The normalized spacial score (nSPS) is 12.8. The third-order valence-electron chi connectivity index (χ3n) is 2.95. The highest BCUT2D eigenvalue weighted by Crippen LogP contribution is 2.20. The highest BCUT2D eigenvalue weighted by atomic mass is 16.5. The molecule has 0 aliphatic rings. The summed E-state index contributed by atoms with van der Waals surface area (Å²) >= 11 is 0. The van der Waals surface area contributed by atoms with Crippen molar-refractivity contribution < 1.29 is 9.84 Å². The minimum atomic E-state index is -0.649. The number of aromatic nitrogens is 1. The van der Waals surface area contributed by atoms with Gasteiger partial charge < -0.3 is 15.2 Å². The molecule has 0 saturated carbocycles. The molecule has 110 valence electrons. The van der Waals surface area contributed by atoms with Gasteiger partial charge in [-0.1, -0.05) is 0 Å². The summed E-state index contributed by atoms with van der Waals surface area (Å²) in [7, 11) is 0. The van der Waals surface area contributed by atoms with Gasteiger partial charge in [0.2, 0.25) is 5.88 Å². The van der Waals surface area contributed by atoms with Crippen LogP contribution in [0.4, 0.5) is 0 Å². The van der Waals surface area contributed by atoms with Crippen LogP contribution in [0.5, 0.6) is 5.88 Å². The van der Waals surface area contributed by atoms with Crippen LogP contribution in [0.25, 0.3) is 0 Å². The summed E-state index contributed by atoms with van der Waals surface area (Å²) in [5.74, 6) is 0.283. The van der Waals surface area contributed by atoms with Gasteiger partial charge in [-0.15, -0.1) is 0 Å². The average Bonchev–Trinajstić information content (AvgIpc) is 2.37. The molecule has 20 heavy (non-hydrogen) atoms. The average molecular weight is 277 g/mol. The number of β-amino-alcohol motifs (C(OH)–C–C–N with tert-alkyl or cyclic N) is 1. The van der Waals surface area contributed by atoms with E-state index in [9.17, 15) is 5.11 Å². The minimum absolute atomic E-state index is 0.0580. The number of aliphatic hydroxyl groups excluding tert-OH is 1. The molecule has 0 bridgehead atoms. The van der Waals surface area contributed by atoms with E-state index in [0.29, 0.717) is 12.1 Å². The highest BCUT2D eigenvalue weighted by molar-refractivity contribution is 5.46. The summed E-state index contributed by atoms with van der Waals surface area (Å²) in [6.45, 7) is 10.4. The Kier molecular flexibility index (Phi) is 5.49. The standard InChI is InChI=1S/C15H23N3O2/c1-10-7-17-14(13(6-16)11(10)2)20-9-12(19)8-18-15(3,4)5/h7,12,18-19H,8-9H2,1-5H3/t12-/m0/s1. The summed E-state index contributed by atoms with van der Waals surface area (Å²) in [5, 5.41) is 22.2. The molecule has 1 heterocycles. The maximum absolute atomic E-state index is 9.86. The van der Waals surface area contributed by atoms with Gasteiger partial charge in [0.15, 0.2) is 0 Å². The van der Waals surface area contributed by atoms with Crippen LogP contribution in [0, 0.1) is 25.2 Å². The Balaban J connectivity index is 2.63. The molecule has 0 unspecified atom stereocenters. The predicted molar refractivity (Wildman–Crippen MR) is 77.7 cm³/mol. The summed E-state index contributed by atoms with van der Waals surface area (Å²) in [5.41, 5.74) is 2.18. The van der Waals surface area contributed by atoms with Gasteiger partial charge in [-0.2, -0.15) is 5.26 Å². The van der Waals surface area contributed by atoms with Gasteiger partial charge >= 0.3 is 0 Å². The van der Waals surface area contributed by atoms with Crippen LogP contribution in [0.2, 0.25) is 0 Å². The van der Waals surface area contributed by atoms with Crippen LogP contribution in [0.3, 0.4) is 0 Å². The fourth-order valence-corrected chi connectivity index (χ4v) is 1.57. The highest BCUT2D eigenvalue weighted by Gasteiger charge is 2.15. The number of aryl methyl sites for hydroxylation is 1. The fourth-order valence-electron chi connectivity index (χ4n) is 1.57. The topological polar surface area (TPSA) is 78.2 Å². The van der Waals surface area contributed by atoms with Crippen LogP contribution in [0.15, 0.2) is 6.20 Å². The van der Waals surface area contributed by atoms with Crippen molar-refractivity contribution in [3.63, 3.8) is 0 Å². The zero-order chi connectivity index (χ0) is 15.3. The first-order chi connectivity index (χ1) is 9.24. The summed E-state index contributed by atoms with van der Waals surface area (Å²) in [6, 6.07) is 2.10. The molecule has 2 N–H and O–H groups in total. The molecule has 1 rings (SSSR count). The molecule has 0 saturated heterocycles. The summed E-state index contributed by atoms with van der Waals surface area (Å²) in [6.07, 6.45) is 1.02. The first-order valence-corrected chi connectivity index (χ1v) is 6.67. The second-order valence-corrected chi connectivity index (χ2v) is 5.95. The van der Waals surface area contributed by atoms with Gasteiger partial charge in [-0.05, 0) is 45.7 Å². The van der Waals surface area contributed by atoms with E-state index in [0.717, 1.165) is 11.1 Å². The summed E-state index contributed by atoms with van der Waals surface area (Å²) in [4.78, 5) is 4.11. The van der Waals surface area contributed by atoms with Gasteiger partial charge in [-0.3, -0.25) is 0 Å². The Morgan fingerprint density at radius 3 is 2.65 bits per heavy atom. The number of hydrogen-bond acceptors (Lipinski definition) is 5. The zero-order valence-electron chi connectivity index (χ0n) is 12.8. The van der Waals surface area contributed by atoms with Crippen molar-refractivity contribution in [2.75, 3.05) is 13.2 Å². The number of pyridine rings is 1. The summed E-state index contributed by atoms with van der Waals surface area (Å²) < 4.78 is 5.47. The lowest BCUT2D eigenvalue weighted by atomic mass is 10.1. The van der Waals surface area contributed by atoms with Crippen molar-refractivity contribution >= 4 is 0 Å². The van der Waals surface area contributed by atoms with Crippen molar-refractivity contribution in [1.82, 2.24) is 10.3 Å². The SMILES string of the molecule is Cc1cnc(OC[C@@H](O)CNC(C)(C)C)c(C#N)c1C. The Bertz CT molecular complexity index is 501. The van der Waals surface area contributed by atoms with Gasteiger partial charge in [-0.25, -0.2) is 4.98 Å². The largest absolute Gasteiger partial charge is 0.474 e. The molecule has 0 amide bonds. The zero-order valence-corrected chi connectivity index (χ0v) is 12.8. The molecule has 0 fully saturated rings. The quantitative estimate of drug-likeness (QED) is 0.856. The molecule has 0 aliphatic carbocycles. The van der Waals surface area contributed by atoms with E-state index in [-0.39, 0.29) is 18.0 Å². The van der Waals surface area contributed by atoms with Gasteiger partial charge in [0.05, 0.1) is 0 Å². The van der Waals surface area contributed by atoms with Crippen LogP contribution in [-0.4, -0.2) is 34.9 Å². The van der Waals surface area contributed by atoms with Crippen molar-refractivity contribution in [3.8, 4) is 11.9 Å². The van der Waals surface area contributed by atoms with Crippen LogP contribution < -0.4 is 10.1 Å². The number of nitrogens with one attached hydrogen (secondary N) is 1. The van der Waals surface area contributed by atoms with E-state index in [1.807, 2.05) is 34.6 Å². The Morgan fingerprint density at radius 1 is 1.45 bits per heavy atom. The lowest BCUT2D eigenvalue weighted by molar-refractivity contribution is 0.0975. The van der Waals surface area contributed by atoms with E-state index in [1.165, 1.54) is 0 Å². The lowest BCUT2D eigenvalue weighted by Crippen LogP contribution is -2.42. The molecule has 0 spiro atoms. The number of aliphatic hydroxyl groups is 1. The Morgan fingerprint density at radius 2 is 2.10 bits per heavy atom. The molecule has 0 radical (unpaired) electrons. The Hall–Kier alpha value is -1.64. The van der Waals surface area contributed by atoms with Crippen molar-refractivity contribution in [2.24, 2.45) is 0 Å². The van der Waals surface area contributed by atoms with E-state index >= 15 is 0 Å². The van der Waals surface area contributed by atoms with Crippen molar-refractivity contribution in [2.45, 2.75) is 46.3 Å². The maximum atomic E-state index is 9.86. The monoisotopic (exact) mass is 277 g/mol. The van der Waals surface area contributed by atoms with Crippen molar-refractivity contribution in [1.29, 1.82) is 5.26 Å². The molecule has 1 atom stereocenters. The molecule has 0 aliphatic heterocycles. The molecule has 5 nitrogen and oxygen atoms in total. The van der Waals surface area contributed by atoms with Crippen molar-refractivity contribution in [3.05, 3.63) is 22.9 Å². The number of rotatable bonds is 5. The molecular formula is C15H23N3O2. The number of ether oxygens (including phenoxy) is 1. The predicted octanol–water partition coefficient (Wildman–Crippen LogP) is 1.70. The number of hydrogen-bond donors (Lipinski definition) is 2.